The molecule has 0 atom stereocenters. The van der Waals surface area contributed by atoms with Crippen LogP contribution < -0.4 is 5.73 Å². The van der Waals surface area contributed by atoms with E-state index in [9.17, 15) is 0 Å². The fraction of sp³-hybridized carbons (Fsp3) is 0. The predicted octanol–water partition coefficient (Wildman–Crippen LogP) is 3.84. The van der Waals surface area contributed by atoms with E-state index in [4.69, 9.17) is 10.3 Å². The summed E-state index contributed by atoms with van der Waals surface area (Å²) >= 11 is 3.41. The van der Waals surface area contributed by atoms with Gasteiger partial charge in [0.25, 0.3) is 0 Å². The van der Waals surface area contributed by atoms with Crippen LogP contribution in [-0.4, -0.2) is 5.16 Å². The van der Waals surface area contributed by atoms with Crippen LogP contribution >= 0.6 is 15.9 Å². The Morgan fingerprint density at radius 1 is 1.06 bits per heavy atom. The van der Waals surface area contributed by atoms with Gasteiger partial charge in [-0.15, -0.1) is 0 Å². The van der Waals surface area contributed by atoms with Crippen LogP contribution in [0.5, 0.6) is 0 Å². The molecular weight excluding hydrogens is 280 g/mol. The van der Waals surface area contributed by atoms with Crippen molar-refractivity contribution in [2.24, 2.45) is 0 Å². The molecule has 3 rings (SSSR count). The number of nitrogen functional groups attached to an aromatic ring is 1. The minimum atomic E-state index is 0.610. The van der Waals surface area contributed by atoms with Gasteiger partial charge in [0.15, 0.2) is 5.58 Å². The highest BCUT2D eigenvalue weighted by Gasteiger charge is 2.11. The summed E-state index contributed by atoms with van der Waals surface area (Å²) in [6.07, 6.45) is 0. The van der Waals surface area contributed by atoms with Gasteiger partial charge in [-0.3, -0.25) is 0 Å². The van der Waals surface area contributed by atoms with Crippen LogP contribution in [-0.2, 0) is 0 Å². The van der Waals surface area contributed by atoms with Crippen LogP contribution in [0.1, 0.15) is 0 Å². The standard InChI is InChI=1S/C13H9BrN2O/c14-9-6-4-8(5-7-9)12-10-2-1-3-11(15)13(10)17-16-12/h1-7H,15H2. The molecule has 2 N–H and O–H groups in total. The smallest absolute Gasteiger partial charge is 0.190 e. The summed E-state index contributed by atoms with van der Waals surface area (Å²) in [6.45, 7) is 0. The second-order valence-corrected chi connectivity index (χ2v) is 4.68. The molecule has 2 aromatic carbocycles. The normalized spacial score (nSPS) is 10.9. The minimum absolute atomic E-state index is 0.610. The highest BCUT2D eigenvalue weighted by molar-refractivity contribution is 9.10. The zero-order valence-electron chi connectivity index (χ0n) is 8.85. The average Bonchev–Trinajstić information content (AvgIpc) is 2.75. The fourth-order valence-corrected chi connectivity index (χ4v) is 2.06. The molecule has 84 valence electrons. The third kappa shape index (κ3) is 1.70. The molecule has 0 aliphatic carbocycles. The number of hydrogen-bond donors (Lipinski definition) is 1. The predicted molar refractivity (Wildman–Crippen MR) is 71.6 cm³/mol. The molecule has 0 unspecified atom stereocenters. The number of para-hydroxylation sites is 1. The van der Waals surface area contributed by atoms with Gasteiger partial charge < -0.3 is 10.3 Å². The average molecular weight is 289 g/mol. The van der Waals surface area contributed by atoms with Crippen LogP contribution in [0.25, 0.3) is 22.2 Å². The van der Waals surface area contributed by atoms with Crippen molar-refractivity contribution in [1.29, 1.82) is 0 Å². The Morgan fingerprint density at radius 2 is 1.82 bits per heavy atom. The first-order valence-electron chi connectivity index (χ1n) is 5.15. The van der Waals surface area contributed by atoms with Crippen molar-refractivity contribution in [2.75, 3.05) is 5.73 Å². The fourth-order valence-electron chi connectivity index (χ4n) is 1.80. The maximum atomic E-state index is 5.83. The largest absolute Gasteiger partial charge is 0.396 e. The van der Waals surface area contributed by atoms with Crippen LogP contribution in [0.2, 0.25) is 0 Å². The first-order chi connectivity index (χ1) is 8.25. The number of nitrogens with zero attached hydrogens (tertiary/aromatic N) is 1. The van der Waals surface area contributed by atoms with Crippen LogP contribution in [0, 0.1) is 0 Å². The molecule has 0 fully saturated rings. The molecule has 1 aromatic heterocycles. The second-order valence-electron chi connectivity index (χ2n) is 3.76. The summed E-state index contributed by atoms with van der Waals surface area (Å²) in [5.74, 6) is 0. The van der Waals surface area contributed by atoms with Crippen molar-refractivity contribution in [3.05, 3.63) is 46.9 Å². The molecule has 0 saturated carbocycles. The number of benzene rings is 2. The molecule has 17 heavy (non-hydrogen) atoms. The molecule has 4 heteroatoms. The van der Waals surface area contributed by atoms with E-state index in [2.05, 4.69) is 21.1 Å². The van der Waals surface area contributed by atoms with Crippen LogP contribution in [0.4, 0.5) is 5.69 Å². The Kier molecular flexibility index (Phi) is 2.37. The van der Waals surface area contributed by atoms with Crippen molar-refractivity contribution < 1.29 is 4.52 Å². The minimum Gasteiger partial charge on any atom is -0.396 e. The number of aromatic nitrogens is 1. The number of fused-ring (bicyclic) bond motifs is 1. The maximum absolute atomic E-state index is 5.83. The number of rotatable bonds is 1. The lowest BCUT2D eigenvalue weighted by molar-refractivity contribution is 0.460. The first-order valence-corrected chi connectivity index (χ1v) is 5.95. The number of nitrogens with two attached hydrogens (primary N) is 1. The summed E-state index contributed by atoms with van der Waals surface area (Å²) in [7, 11) is 0. The molecule has 0 bridgehead atoms. The zero-order valence-corrected chi connectivity index (χ0v) is 10.4. The van der Waals surface area contributed by atoms with Crippen molar-refractivity contribution in [2.45, 2.75) is 0 Å². The van der Waals surface area contributed by atoms with E-state index in [1.807, 2.05) is 36.4 Å². The van der Waals surface area contributed by atoms with Crippen molar-refractivity contribution in [1.82, 2.24) is 5.16 Å². The Morgan fingerprint density at radius 3 is 2.59 bits per heavy atom. The summed E-state index contributed by atoms with van der Waals surface area (Å²) in [5, 5.41) is 5.02. The van der Waals surface area contributed by atoms with Crippen LogP contribution in [0.3, 0.4) is 0 Å². The Balaban J connectivity index is 2.24. The highest BCUT2D eigenvalue weighted by atomic mass is 79.9. The molecule has 0 amide bonds. The summed E-state index contributed by atoms with van der Waals surface area (Å²) < 4.78 is 6.31. The quantitative estimate of drug-likeness (QED) is 0.692. The van der Waals surface area contributed by atoms with E-state index in [1.54, 1.807) is 6.07 Å². The second kappa shape index (κ2) is 3.89. The third-order valence-electron chi connectivity index (χ3n) is 2.65. The summed E-state index contributed by atoms with van der Waals surface area (Å²) in [5.41, 5.74) is 8.91. The van der Waals surface area contributed by atoms with Gasteiger partial charge in [0.1, 0.15) is 5.69 Å². The van der Waals surface area contributed by atoms with Gasteiger partial charge in [0.2, 0.25) is 0 Å². The van der Waals surface area contributed by atoms with Crippen molar-refractivity contribution >= 4 is 32.6 Å². The van der Waals surface area contributed by atoms with Gasteiger partial charge in [-0.1, -0.05) is 39.3 Å². The van der Waals surface area contributed by atoms with E-state index >= 15 is 0 Å². The number of anilines is 1. The Labute approximate surface area is 106 Å². The molecular formula is C13H9BrN2O. The topological polar surface area (TPSA) is 52.0 Å². The maximum Gasteiger partial charge on any atom is 0.190 e. The molecule has 3 nitrogen and oxygen atoms in total. The van der Waals surface area contributed by atoms with Crippen LogP contribution in [0.15, 0.2) is 51.5 Å². The lowest BCUT2D eigenvalue weighted by Crippen LogP contribution is -1.83. The van der Waals surface area contributed by atoms with Crippen molar-refractivity contribution in [3.8, 4) is 11.3 Å². The third-order valence-corrected chi connectivity index (χ3v) is 3.18. The molecule has 3 aromatic rings. The van der Waals surface area contributed by atoms with Gasteiger partial charge in [-0.25, -0.2) is 0 Å². The van der Waals surface area contributed by atoms with Crippen molar-refractivity contribution in [3.63, 3.8) is 0 Å². The molecule has 0 aliphatic rings. The lowest BCUT2D eigenvalue weighted by Gasteiger charge is -1.97. The van der Waals surface area contributed by atoms with Gasteiger partial charge in [-0.05, 0) is 24.3 Å². The van der Waals surface area contributed by atoms with E-state index < -0.39 is 0 Å². The van der Waals surface area contributed by atoms with Gasteiger partial charge in [-0.2, -0.15) is 0 Å². The molecule has 1 heterocycles. The van der Waals surface area contributed by atoms with E-state index in [-0.39, 0.29) is 0 Å². The van der Waals surface area contributed by atoms with Gasteiger partial charge >= 0.3 is 0 Å². The van der Waals surface area contributed by atoms with Gasteiger partial charge in [0.05, 0.1) is 11.1 Å². The SMILES string of the molecule is Nc1cccc2c(-c3ccc(Br)cc3)noc12. The van der Waals surface area contributed by atoms with Gasteiger partial charge in [0, 0.05) is 10.0 Å². The van der Waals surface area contributed by atoms with E-state index in [0.717, 1.165) is 21.1 Å². The van der Waals surface area contributed by atoms with E-state index in [0.29, 0.717) is 11.3 Å². The Bertz CT molecular complexity index is 673. The number of hydrogen-bond acceptors (Lipinski definition) is 3. The molecule has 0 saturated heterocycles. The zero-order chi connectivity index (χ0) is 11.8. The number of halogens is 1. The van der Waals surface area contributed by atoms with E-state index in [1.165, 1.54) is 0 Å². The molecule has 0 aliphatic heterocycles. The summed E-state index contributed by atoms with van der Waals surface area (Å²) in [4.78, 5) is 0. The molecule has 0 radical (unpaired) electrons. The monoisotopic (exact) mass is 288 g/mol. The lowest BCUT2D eigenvalue weighted by atomic mass is 10.1. The first kappa shape index (κ1) is 10.4. The molecule has 0 spiro atoms. The summed E-state index contributed by atoms with van der Waals surface area (Å²) in [6, 6.07) is 13.6. The highest BCUT2D eigenvalue weighted by Crippen LogP contribution is 2.31. The Hall–Kier alpha value is -1.81.